The number of carbonyl (C=O) groups is 1. The number of hydrazine groups is 1. The molecule has 0 unspecified atom stereocenters. The van der Waals surface area contributed by atoms with Gasteiger partial charge in [0.2, 0.25) is 11.7 Å². The highest BCUT2D eigenvalue weighted by Gasteiger charge is 2.17. The van der Waals surface area contributed by atoms with Crippen LogP contribution in [0.25, 0.3) is 16.7 Å². The number of amides is 1. The summed E-state index contributed by atoms with van der Waals surface area (Å²) in [5.41, 5.74) is 5.44. The Bertz CT molecular complexity index is 1410. The fourth-order valence-corrected chi connectivity index (χ4v) is 3.90. The van der Waals surface area contributed by atoms with Crippen molar-refractivity contribution in [1.29, 1.82) is 0 Å². The predicted octanol–water partition coefficient (Wildman–Crippen LogP) is 2.37. The van der Waals surface area contributed by atoms with E-state index in [0.717, 1.165) is 11.8 Å². The molecular formula is C20H17N7O4S. The zero-order valence-corrected chi connectivity index (χ0v) is 17.4. The van der Waals surface area contributed by atoms with E-state index in [0.29, 0.717) is 21.8 Å². The van der Waals surface area contributed by atoms with Crippen LogP contribution in [0.15, 0.2) is 71.1 Å². The van der Waals surface area contributed by atoms with E-state index in [-0.39, 0.29) is 29.2 Å². The number of nitrogens with one attached hydrogen (secondary N) is 2. The van der Waals surface area contributed by atoms with Crippen molar-refractivity contribution in [2.75, 3.05) is 11.2 Å². The fraction of sp³-hybridized carbons (Fsp3) is 0.100. The topological polar surface area (TPSA) is 136 Å². The number of benzene rings is 2. The Balaban J connectivity index is 1.57. The van der Waals surface area contributed by atoms with Gasteiger partial charge in [0.05, 0.1) is 21.6 Å². The lowest BCUT2D eigenvalue weighted by atomic mass is 10.2. The lowest BCUT2D eigenvalue weighted by molar-refractivity contribution is -0.384. The molecule has 12 heteroatoms. The zero-order valence-electron chi connectivity index (χ0n) is 16.6. The standard InChI is InChI=1S/C20H17N7O4S/c1-2-11-25-18(29)13-7-3-5-9-15(13)26-19(25)23-24-20(26)32-12-17(28)22-21-14-8-4-6-10-16(14)27(30)31/h2-10,21H,1,11-12H2,(H,22,28). The summed E-state index contributed by atoms with van der Waals surface area (Å²) in [5.74, 6) is -0.119. The van der Waals surface area contributed by atoms with Crippen LogP contribution in [0.2, 0.25) is 0 Å². The molecule has 0 aliphatic carbocycles. The number of allylic oxidation sites excluding steroid dienone is 1. The Kier molecular flexibility index (Phi) is 5.85. The average molecular weight is 451 g/mol. The maximum absolute atomic E-state index is 12.8. The summed E-state index contributed by atoms with van der Waals surface area (Å²) in [6.07, 6.45) is 1.60. The van der Waals surface area contributed by atoms with Gasteiger partial charge in [-0.3, -0.25) is 39.5 Å². The van der Waals surface area contributed by atoms with Crippen molar-refractivity contribution in [1.82, 2.24) is 24.6 Å². The van der Waals surface area contributed by atoms with Crippen LogP contribution in [0.5, 0.6) is 0 Å². The molecule has 0 atom stereocenters. The van der Waals surface area contributed by atoms with Crippen molar-refractivity contribution in [2.45, 2.75) is 11.7 Å². The van der Waals surface area contributed by atoms with Gasteiger partial charge in [-0.25, -0.2) is 0 Å². The minimum absolute atomic E-state index is 0.0384. The molecule has 2 heterocycles. The molecule has 0 bridgehead atoms. The predicted molar refractivity (Wildman–Crippen MR) is 121 cm³/mol. The number of nitro benzene ring substituents is 1. The number of aromatic nitrogens is 4. The van der Waals surface area contributed by atoms with Gasteiger partial charge in [0.1, 0.15) is 5.69 Å². The summed E-state index contributed by atoms with van der Waals surface area (Å²) in [6, 6.07) is 13.0. The normalized spacial score (nSPS) is 10.9. The van der Waals surface area contributed by atoms with Gasteiger partial charge in [0, 0.05) is 12.6 Å². The molecule has 2 N–H and O–H groups in total. The molecule has 0 spiro atoms. The van der Waals surface area contributed by atoms with E-state index in [9.17, 15) is 19.7 Å². The largest absolute Gasteiger partial charge is 0.294 e. The van der Waals surface area contributed by atoms with E-state index < -0.39 is 10.8 Å². The van der Waals surface area contributed by atoms with Crippen LogP contribution in [0.3, 0.4) is 0 Å². The summed E-state index contributed by atoms with van der Waals surface area (Å²) in [5, 5.41) is 20.3. The summed E-state index contributed by atoms with van der Waals surface area (Å²) in [7, 11) is 0. The maximum atomic E-state index is 12.8. The number of nitro groups is 1. The van der Waals surface area contributed by atoms with Gasteiger partial charge in [-0.15, -0.1) is 16.8 Å². The van der Waals surface area contributed by atoms with Crippen molar-refractivity contribution in [3.05, 3.63) is 81.7 Å². The van der Waals surface area contributed by atoms with Crippen molar-refractivity contribution in [2.24, 2.45) is 0 Å². The summed E-state index contributed by atoms with van der Waals surface area (Å²) in [6.45, 7) is 3.95. The molecule has 2 aromatic carbocycles. The molecule has 162 valence electrons. The van der Waals surface area contributed by atoms with Crippen LogP contribution in [-0.4, -0.2) is 35.7 Å². The van der Waals surface area contributed by atoms with Gasteiger partial charge in [0.25, 0.3) is 11.2 Å². The summed E-state index contributed by atoms with van der Waals surface area (Å²) in [4.78, 5) is 35.7. The Morgan fingerprint density at radius 2 is 1.94 bits per heavy atom. The van der Waals surface area contributed by atoms with E-state index >= 15 is 0 Å². The lowest BCUT2D eigenvalue weighted by Crippen LogP contribution is -2.31. The van der Waals surface area contributed by atoms with Crippen molar-refractivity contribution in [3.8, 4) is 0 Å². The Morgan fingerprint density at radius 3 is 2.72 bits per heavy atom. The first-order chi connectivity index (χ1) is 15.5. The van der Waals surface area contributed by atoms with E-state index in [1.54, 1.807) is 40.8 Å². The van der Waals surface area contributed by atoms with Crippen LogP contribution in [0, 0.1) is 10.1 Å². The molecule has 32 heavy (non-hydrogen) atoms. The van der Waals surface area contributed by atoms with Crippen molar-refractivity contribution in [3.63, 3.8) is 0 Å². The van der Waals surface area contributed by atoms with Crippen molar-refractivity contribution < 1.29 is 9.72 Å². The molecule has 1 amide bonds. The van der Waals surface area contributed by atoms with E-state index in [1.165, 1.54) is 22.8 Å². The van der Waals surface area contributed by atoms with Crippen LogP contribution >= 0.6 is 11.8 Å². The number of hydrogen-bond donors (Lipinski definition) is 2. The molecule has 2 aromatic heterocycles. The highest BCUT2D eigenvalue weighted by molar-refractivity contribution is 7.99. The van der Waals surface area contributed by atoms with E-state index in [1.807, 2.05) is 0 Å². The van der Waals surface area contributed by atoms with Gasteiger partial charge in [0.15, 0.2) is 5.16 Å². The molecule has 0 aliphatic rings. The summed E-state index contributed by atoms with van der Waals surface area (Å²) >= 11 is 1.12. The number of rotatable bonds is 8. The Labute approximate surface area is 184 Å². The molecule has 0 saturated carbocycles. The number of fused-ring (bicyclic) bond motifs is 3. The molecule has 0 radical (unpaired) electrons. The first kappa shape index (κ1) is 21.1. The van der Waals surface area contributed by atoms with Crippen molar-refractivity contribution >= 4 is 45.7 Å². The Morgan fingerprint density at radius 1 is 1.19 bits per heavy atom. The minimum Gasteiger partial charge on any atom is -0.292 e. The van der Waals surface area contributed by atoms with Crippen LogP contribution < -0.4 is 16.4 Å². The number of carbonyl (C=O) groups excluding carboxylic acids is 1. The van der Waals surface area contributed by atoms with Gasteiger partial charge in [-0.2, -0.15) is 0 Å². The first-order valence-corrected chi connectivity index (χ1v) is 10.4. The first-order valence-electron chi connectivity index (χ1n) is 9.40. The van der Waals surface area contributed by atoms with E-state index in [4.69, 9.17) is 0 Å². The van der Waals surface area contributed by atoms with Gasteiger partial charge in [-0.05, 0) is 18.2 Å². The molecule has 0 fully saturated rings. The second-order valence-electron chi connectivity index (χ2n) is 6.58. The number of para-hydroxylation sites is 3. The van der Waals surface area contributed by atoms with Gasteiger partial charge >= 0.3 is 0 Å². The average Bonchev–Trinajstić information content (AvgIpc) is 3.23. The fourth-order valence-electron chi connectivity index (χ4n) is 3.16. The minimum atomic E-state index is -0.542. The zero-order chi connectivity index (χ0) is 22.7. The molecule has 11 nitrogen and oxygen atoms in total. The third-order valence-corrected chi connectivity index (χ3v) is 5.49. The van der Waals surface area contributed by atoms with E-state index in [2.05, 4.69) is 27.6 Å². The number of anilines is 1. The second kappa shape index (κ2) is 8.89. The highest BCUT2D eigenvalue weighted by Crippen LogP contribution is 2.23. The van der Waals surface area contributed by atoms with Crippen LogP contribution in [-0.2, 0) is 11.3 Å². The summed E-state index contributed by atoms with van der Waals surface area (Å²) < 4.78 is 3.18. The number of hydrogen-bond acceptors (Lipinski definition) is 8. The molecular weight excluding hydrogens is 434 g/mol. The maximum Gasteiger partial charge on any atom is 0.294 e. The highest BCUT2D eigenvalue weighted by atomic mass is 32.2. The van der Waals surface area contributed by atoms with Gasteiger partial charge < -0.3 is 0 Å². The smallest absolute Gasteiger partial charge is 0.292 e. The molecule has 4 aromatic rings. The molecule has 4 rings (SSSR count). The monoisotopic (exact) mass is 451 g/mol. The van der Waals surface area contributed by atoms with Crippen LogP contribution in [0.1, 0.15) is 0 Å². The number of nitrogens with zero attached hydrogens (tertiary/aromatic N) is 5. The third kappa shape index (κ3) is 3.90. The van der Waals surface area contributed by atoms with Crippen LogP contribution in [0.4, 0.5) is 11.4 Å². The molecule has 0 saturated heterocycles. The third-order valence-electron chi connectivity index (χ3n) is 4.56. The Hall–Kier alpha value is -4.19. The number of thioether (sulfide) groups is 1. The molecule has 0 aliphatic heterocycles. The lowest BCUT2D eigenvalue weighted by Gasteiger charge is -2.10. The second-order valence-corrected chi connectivity index (χ2v) is 7.52. The quantitative estimate of drug-likeness (QED) is 0.180. The van der Waals surface area contributed by atoms with Gasteiger partial charge in [-0.1, -0.05) is 42.1 Å². The SMILES string of the molecule is C=CCn1c(=O)c2ccccc2n2c(SCC(=O)NNc3ccccc3[N+](=O)[O-])nnc12.